The van der Waals surface area contributed by atoms with Crippen molar-refractivity contribution in [3.05, 3.63) is 102 Å². The first-order chi connectivity index (χ1) is 14.0. The van der Waals surface area contributed by atoms with Crippen LogP contribution in [0.3, 0.4) is 0 Å². The van der Waals surface area contributed by atoms with Crippen LogP contribution in [0.2, 0.25) is 0 Å². The maximum atomic E-state index is 14.3. The average Bonchev–Trinajstić information content (AvgIpc) is 2.94. The Kier molecular flexibility index (Phi) is 4.64. The van der Waals surface area contributed by atoms with Crippen molar-refractivity contribution in [3.8, 4) is 0 Å². The molecule has 29 heavy (non-hydrogen) atoms. The van der Waals surface area contributed by atoms with E-state index in [1.165, 1.54) is 12.1 Å². The van der Waals surface area contributed by atoms with Gasteiger partial charge in [-0.1, -0.05) is 30.3 Å². The molecule has 2 amide bonds. The third kappa shape index (κ3) is 3.38. The lowest BCUT2D eigenvalue weighted by Crippen LogP contribution is -2.33. The van der Waals surface area contributed by atoms with Crippen LogP contribution in [-0.2, 0) is 9.59 Å². The molecule has 0 fully saturated rings. The molecule has 144 valence electrons. The molecule has 1 aliphatic heterocycles. The Labute approximate surface area is 163 Å². The molecule has 1 heterocycles. The van der Waals surface area contributed by atoms with Crippen molar-refractivity contribution in [2.45, 2.75) is 0 Å². The molecular formula is C22H13F3N2O2. The Bertz CT molecular complexity index is 1140. The van der Waals surface area contributed by atoms with Gasteiger partial charge < -0.3 is 5.32 Å². The summed E-state index contributed by atoms with van der Waals surface area (Å²) in [6.07, 6.45) is 0. The normalized spacial score (nSPS) is 14.0. The zero-order valence-corrected chi connectivity index (χ0v) is 14.8. The van der Waals surface area contributed by atoms with E-state index in [1.54, 1.807) is 30.3 Å². The summed E-state index contributed by atoms with van der Waals surface area (Å²) in [5.74, 6) is -4.00. The molecule has 0 radical (unpaired) electrons. The summed E-state index contributed by atoms with van der Waals surface area (Å²) in [6.45, 7) is 0. The van der Waals surface area contributed by atoms with Crippen LogP contribution in [0, 0.1) is 17.5 Å². The minimum Gasteiger partial charge on any atom is -0.350 e. The highest BCUT2D eigenvalue weighted by atomic mass is 19.1. The maximum absolute atomic E-state index is 14.3. The van der Waals surface area contributed by atoms with E-state index in [0.29, 0.717) is 16.7 Å². The Hall–Kier alpha value is -3.87. The van der Waals surface area contributed by atoms with Gasteiger partial charge in [0.15, 0.2) is 0 Å². The standard InChI is InChI=1S/C22H13F3N2O2/c23-14-8-6-13(7-9-14)19-20(26-16-4-2-1-3-5-16)22(29)27(21(19)28)18-11-10-15(24)12-17(18)25/h1-12,26H. The fourth-order valence-corrected chi connectivity index (χ4v) is 3.08. The van der Waals surface area contributed by atoms with E-state index in [-0.39, 0.29) is 22.5 Å². The number of anilines is 2. The molecule has 3 aromatic carbocycles. The molecular weight excluding hydrogens is 381 g/mol. The van der Waals surface area contributed by atoms with E-state index < -0.39 is 29.3 Å². The Morgan fingerprint density at radius 1 is 0.724 bits per heavy atom. The molecule has 0 saturated carbocycles. The maximum Gasteiger partial charge on any atom is 0.282 e. The van der Waals surface area contributed by atoms with E-state index in [1.807, 2.05) is 0 Å². The Balaban J connectivity index is 1.84. The zero-order chi connectivity index (χ0) is 20.5. The summed E-state index contributed by atoms with van der Waals surface area (Å²) in [6, 6.07) is 16.2. The van der Waals surface area contributed by atoms with Gasteiger partial charge in [-0.3, -0.25) is 9.59 Å². The summed E-state index contributed by atoms with van der Waals surface area (Å²) in [7, 11) is 0. The van der Waals surface area contributed by atoms with Crippen LogP contribution in [0.1, 0.15) is 5.56 Å². The number of hydrogen-bond acceptors (Lipinski definition) is 3. The topological polar surface area (TPSA) is 49.4 Å². The SMILES string of the molecule is O=C1C(Nc2ccccc2)=C(c2ccc(F)cc2)C(=O)N1c1ccc(F)cc1F. The van der Waals surface area contributed by atoms with Crippen LogP contribution in [-0.4, -0.2) is 11.8 Å². The second-order valence-corrected chi connectivity index (χ2v) is 6.29. The van der Waals surface area contributed by atoms with Crippen LogP contribution in [0.25, 0.3) is 5.57 Å². The highest BCUT2D eigenvalue weighted by Gasteiger charge is 2.41. The van der Waals surface area contributed by atoms with Crippen molar-refractivity contribution >= 4 is 28.8 Å². The monoisotopic (exact) mass is 394 g/mol. The second kappa shape index (κ2) is 7.27. The van der Waals surface area contributed by atoms with Gasteiger partial charge in [-0.15, -0.1) is 0 Å². The lowest BCUT2D eigenvalue weighted by molar-refractivity contribution is -0.120. The van der Waals surface area contributed by atoms with Crippen molar-refractivity contribution < 1.29 is 22.8 Å². The number of nitrogens with one attached hydrogen (secondary N) is 1. The lowest BCUT2D eigenvalue weighted by Gasteiger charge is -2.16. The predicted octanol–water partition coefficient (Wildman–Crippen LogP) is 4.50. The van der Waals surface area contributed by atoms with Crippen LogP contribution >= 0.6 is 0 Å². The van der Waals surface area contributed by atoms with Gasteiger partial charge in [0.05, 0.1) is 11.3 Å². The van der Waals surface area contributed by atoms with Crippen molar-refractivity contribution in [2.24, 2.45) is 0 Å². The number of imide groups is 1. The first-order valence-corrected chi connectivity index (χ1v) is 8.62. The third-order valence-electron chi connectivity index (χ3n) is 4.41. The molecule has 4 nitrogen and oxygen atoms in total. The number of rotatable bonds is 4. The van der Waals surface area contributed by atoms with Crippen molar-refractivity contribution in [1.29, 1.82) is 0 Å². The molecule has 0 saturated heterocycles. The summed E-state index contributed by atoms with van der Waals surface area (Å²) in [4.78, 5) is 26.8. The summed E-state index contributed by atoms with van der Waals surface area (Å²) in [5.41, 5.74) is 0.322. The first-order valence-electron chi connectivity index (χ1n) is 8.62. The molecule has 0 unspecified atom stereocenters. The number of nitrogens with zero attached hydrogens (tertiary/aromatic N) is 1. The van der Waals surface area contributed by atoms with Crippen LogP contribution in [0.5, 0.6) is 0 Å². The smallest absolute Gasteiger partial charge is 0.282 e. The first kappa shape index (κ1) is 18.5. The lowest BCUT2D eigenvalue weighted by atomic mass is 10.0. The second-order valence-electron chi connectivity index (χ2n) is 6.29. The number of benzene rings is 3. The summed E-state index contributed by atoms with van der Waals surface area (Å²) in [5, 5.41) is 2.89. The number of halogens is 3. The molecule has 0 aromatic heterocycles. The van der Waals surface area contributed by atoms with E-state index in [4.69, 9.17) is 0 Å². The minimum atomic E-state index is -1.05. The minimum absolute atomic E-state index is 0.0393. The van der Waals surface area contributed by atoms with Crippen molar-refractivity contribution in [3.63, 3.8) is 0 Å². The van der Waals surface area contributed by atoms with Gasteiger partial charge in [-0.2, -0.15) is 0 Å². The number of carbonyl (C=O) groups is 2. The van der Waals surface area contributed by atoms with E-state index >= 15 is 0 Å². The quantitative estimate of drug-likeness (QED) is 0.663. The Morgan fingerprint density at radius 3 is 2.03 bits per heavy atom. The third-order valence-corrected chi connectivity index (χ3v) is 4.41. The molecule has 0 spiro atoms. The Morgan fingerprint density at radius 2 is 1.38 bits per heavy atom. The van der Waals surface area contributed by atoms with Gasteiger partial charge in [-0.05, 0) is 42.0 Å². The van der Waals surface area contributed by atoms with Crippen molar-refractivity contribution in [1.82, 2.24) is 0 Å². The molecule has 1 aliphatic rings. The van der Waals surface area contributed by atoms with Gasteiger partial charge >= 0.3 is 0 Å². The zero-order valence-electron chi connectivity index (χ0n) is 14.8. The van der Waals surface area contributed by atoms with E-state index in [0.717, 1.165) is 24.3 Å². The van der Waals surface area contributed by atoms with E-state index in [9.17, 15) is 22.8 Å². The molecule has 0 aliphatic carbocycles. The fraction of sp³-hybridized carbons (Fsp3) is 0. The molecule has 7 heteroatoms. The van der Waals surface area contributed by atoms with Gasteiger partial charge in [0.1, 0.15) is 23.1 Å². The van der Waals surface area contributed by atoms with E-state index in [2.05, 4.69) is 5.32 Å². The molecule has 0 atom stereocenters. The largest absolute Gasteiger partial charge is 0.350 e. The highest BCUT2D eigenvalue weighted by Crippen LogP contribution is 2.35. The van der Waals surface area contributed by atoms with Crippen LogP contribution in [0.15, 0.2) is 78.5 Å². The van der Waals surface area contributed by atoms with Gasteiger partial charge in [0.2, 0.25) is 0 Å². The van der Waals surface area contributed by atoms with Gasteiger partial charge in [-0.25, -0.2) is 18.1 Å². The molecule has 4 rings (SSSR count). The molecule has 0 bridgehead atoms. The summed E-state index contributed by atoms with van der Waals surface area (Å²) >= 11 is 0. The average molecular weight is 394 g/mol. The van der Waals surface area contributed by atoms with Crippen LogP contribution in [0.4, 0.5) is 24.5 Å². The number of carbonyl (C=O) groups excluding carboxylic acids is 2. The van der Waals surface area contributed by atoms with Gasteiger partial charge in [0.25, 0.3) is 11.8 Å². The summed E-state index contributed by atoms with van der Waals surface area (Å²) < 4.78 is 40.9. The highest BCUT2D eigenvalue weighted by molar-refractivity contribution is 6.46. The molecule has 1 N–H and O–H groups in total. The van der Waals surface area contributed by atoms with Crippen molar-refractivity contribution in [2.75, 3.05) is 10.2 Å². The van der Waals surface area contributed by atoms with Crippen LogP contribution < -0.4 is 10.2 Å². The number of hydrogen-bond donors (Lipinski definition) is 1. The van der Waals surface area contributed by atoms with Gasteiger partial charge in [0, 0.05) is 11.8 Å². The molecule has 3 aromatic rings. The predicted molar refractivity (Wildman–Crippen MR) is 102 cm³/mol. The number of para-hydroxylation sites is 1. The fourth-order valence-electron chi connectivity index (χ4n) is 3.08. The number of amides is 2.